The van der Waals surface area contributed by atoms with Crippen LogP contribution in [0.4, 0.5) is 0 Å². The lowest BCUT2D eigenvalue weighted by molar-refractivity contribution is 0.228. The first-order valence-corrected chi connectivity index (χ1v) is 11.5. The van der Waals surface area contributed by atoms with Gasteiger partial charge in [0, 0.05) is 5.82 Å². The molecule has 20 heavy (non-hydrogen) atoms. The fourth-order valence-electron chi connectivity index (χ4n) is 1.17. The summed E-state index contributed by atoms with van der Waals surface area (Å²) >= 11 is 0. The van der Waals surface area contributed by atoms with Crippen molar-refractivity contribution < 1.29 is 18.0 Å². The molecule has 6 heteroatoms. The third-order valence-corrected chi connectivity index (χ3v) is 9.39. The Morgan fingerprint density at radius 1 is 1.20 bits per heavy atom. The van der Waals surface area contributed by atoms with Crippen molar-refractivity contribution in [3.05, 3.63) is 24.2 Å². The van der Waals surface area contributed by atoms with E-state index in [9.17, 15) is 4.57 Å². The van der Waals surface area contributed by atoms with Crippen LogP contribution in [0.2, 0.25) is 18.1 Å². The standard InChI is InChI=1S/C14H29O4PSi/c1-9-16-19(15,17-10-2)12-11-13(3)18-20(7,8)14(4,5)6/h11-12H,3,9-10H2,1-2,4-8H3/b12-11+. The van der Waals surface area contributed by atoms with Crippen molar-refractivity contribution >= 4 is 15.9 Å². The van der Waals surface area contributed by atoms with Gasteiger partial charge in [-0.05, 0) is 38.1 Å². The van der Waals surface area contributed by atoms with E-state index in [0.717, 1.165) is 0 Å². The van der Waals surface area contributed by atoms with Crippen LogP contribution in [0.3, 0.4) is 0 Å². The van der Waals surface area contributed by atoms with Crippen molar-refractivity contribution in [3.8, 4) is 0 Å². The fraction of sp³-hybridized carbons (Fsp3) is 0.714. The fourth-order valence-corrected chi connectivity index (χ4v) is 3.52. The van der Waals surface area contributed by atoms with E-state index in [2.05, 4.69) is 40.4 Å². The van der Waals surface area contributed by atoms with Gasteiger partial charge in [0.2, 0.25) is 8.32 Å². The molecule has 0 aromatic heterocycles. The van der Waals surface area contributed by atoms with Crippen LogP contribution < -0.4 is 0 Å². The highest BCUT2D eigenvalue weighted by Gasteiger charge is 2.39. The van der Waals surface area contributed by atoms with Gasteiger partial charge in [0.15, 0.2) is 0 Å². The molecule has 0 rings (SSSR count). The lowest BCUT2D eigenvalue weighted by Crippen LogP contribution is -2.40. The highest BCUT2D eigenvalue weighted by molar-refractivity contribution is 7.57. The molecule has 0 spiro atoms. The number of rotatable bonds is 8. The zero-order valence-corrected chi connectivity index (χ0v) is 15.8. The Bertz CT molecular complexity index is 386. The summed E-state index contributed by atoms with van der Waals surface area (Å²) in [5.74, 6) is 1.92. The smallest absolute Gasteiger partial charge is 0.354 e. The Morgan fingerprint density at radius 2 is 1.65 bits per heavy atom. The minimum Gasteiger partial charge on any atom is -0.544 e. The molecule has 0 heterocycles. The summed E-state index contributed by atoms with van der Waals surface area (Å²) in [6.07, 6.45) is 1.59. The van der Waals surface area contributed by atoms with Gasteiger partial charge in [0.05, 0.1) is 19.0 Å². The molecule has 118 valence electrons. The topological polar surface area (TPSA) is 44.8 Å². The zero-order chi connectivity index (χ0) is 16.0. The Labute approximate surface area is 124 Å². The average molecular weight is 320 g/mol. The monoisotopic (exact) mass is 320 g/mol. The molecule has 0 radical (unpaired) electrons. The Kier molecular flexibility index (Phi) is 7.46. The van der Waals surface area contributed by atoms with E-state index >= 15 is 0 Å². The van der Waals surface area contributed by atoms with E-state index in [1.165, 1.54) is 5.82 Å². The van der Waals surface area contributed by atoms with Crippen molar-refractivity contribution in [1.29, 1.82) is 0 Å². The van der Waals surface area contributed by atoms with E-state index in [-0.39, 0.29) is 5.04 Å². The van der Waals surface area contributed by atoms with Crippen LogP contribution in [0.15, 0.2) is 24.2 Å². The number of hydrogen-bond acceptors (Lipinski definition) is 4. The predicted octanol–water partition coefficient (Wildman–Crippen LogP) is 5.30. The summed E-state index contributed by atoms with van der Waals surface area (Å²) in [5, 5.41) is 0.0906. The lowest BCUT2D eigenvalue weighted by Gasteiger charge is -2.36. The molecule has 0 amide bonds. The van der Waals surface area contributed by atoms with Gasteiger partial charge in [-0.3, -0.25) is 4.57 Å². The third kappa shape index (κ3) is 6.40. The summed E-state index contributed by atoms with van der Waals surface area (Å²) < 4.78 is 28.6. The lowest BCUT2D eigenvalue weighted by atomic mass is 10.2. The average Bonchev–Trinajstić information content (AvgIpc) is 2.25. The van der Waals surface area contributed by atoms with Crippen LogP contribution in [0.1, 0.15) is 34.6 Å². The summed E-state index contributed by atoms with van der Waals surface area (Å²) in [6, 6.07) is 0. The third-order valence-electron chi connectivity index (χ3n) is 3.25. The van der Waals surface area contributed by atoms with Gasteiger partial charge in [-0.2, -0.15) is 0 Å². The molecule has 0 N–H and O–H groups in total. The van der Waals surface area contributed by atoms with Crippen molar-refractivity contribution in [3.63, 3.8) is 0 Å². The molecular weight excluding hydrogens is 291 g/mol. The van der Waals surface area contributed by atoms with Gasteiger partial charge in [0.25, 0.3) is 0 Å². The minimum atomic E-state index is -3.19. The van der Waals surface area contributed by atoms with Crippen molar-refractivity contribution in [2.45, 2.75) is 52.8 Å². The van der Waals surface area contributed by atoms with E-state index in [1.54, 1.807) is 19.9 Å². The van der Waals surface area contributed by atoms with Gasteiger partial charge in [0.1, 0.15) is 0 Å². The second-order valence-corrected chi connectivity index (χ2v) is 12.6. The van der Waals surface area contributed by atoms with Crippen LogP contribution in [-0.2, 0) is 18.0 Å². The van der Waals surface area contributed by atoms with Crippen LogP contribution in [0, 0.1) is 0 Å². The van der Waals surface area contributed by atoms with Crippen molar-refractivity contribution in [2.75, 3.05) is 13.2 Å². The molecule has 0 bridgehead atoms. The minimum absolute atomic E-state index is 0.0906. The number of hydrogen-bond donors (Lipinski definition) is 0. The highest BCUT2D eigenvalue weighted by Crippen LogP contribution is 2.50. The summed E-state index contributed by atoms with van der Waals surface area (Å²) in [6.45, 7) is 18.8. The maximum Gasteiger partial charge on any atom is 0.354 e. The Morgan fingerprint density at radius 3 is 2.00 bits per heavy atom. The van der Waals surface area contributed by atoms with E-state index < -0.39 is 15.9 Å². The van der Waals surface area contributed by atoms with Crippen LogP contribution in [0.5, 0.6) is 0 Å². The van der Waals surface area contributed by atoms with Crippen molar-refractivity contribution in [1.82, 2.24) is 0 Å². The van der Waals surface area contributed by atoms with Crippen molar-refractivity contribution in [2.24, 2.45) is 0 Å². The second-order valence-electron chi connectivity index (χ2n) is 6.02. The molecule has 0 atom stereocenters. The van der Waals surface area contributed by atoms with Crippen LogP contribution in [0.25, 0.3) is 0 Å². The molecule has 0 fully saturated rings. The first-order chi connectivity index (χ1) is 8.97. The van der Waals surface area contributed by atoms with Crippen LogP contribution >= 0.6 is 7.60 Å². The second kappa shape index (κ2) is 7.60. The summed E-state index contributed by atoms with van der Waals surface area (Å²) in [4.78, 5) is 0. The van der Waals surface area contributed by atoms with Gasteiger partial charge in [-0.15, -0.1) is 0 Å². The Hall–Kier alpha value is -0.353. The highest BCUT2D eigenvalue weighted by atomic mass is 31.2. The molecule has 0 aromatic carbocycles. The number of allylic oxidation sites excluding steroid dienone is 1. The molecule has 0 saturated heterocycles. The SMILES string of the molecule is C=C(/C=C/P(=O)(OCC)OCC)O[Si](C)(C)C(C)(C)C. The van der Waals surface area contributed by atoms with E-state index in [1.807, 2.05) is 0 Å². The molecule has 0 saturated carbocycles. The zero-order valence-electron chi connectivity index (χ0n) is 13.9. The molecular formula is C14H29O4PSi. The van der Waals surface area contributed by atoms with Crippen LogP contribution in [-0.4, -0.2) is 21.5 Å². The molecule has 4 nitrogen and oxygen atoms in total. The van der Waals surface area contributed by atoms with E-state index in [4.69, 9.17) is 13.5 Å². The Balaban J connectivity index is 4.83. The largest absolute Gasteiger partial charge is 0.544 e. The molecule has 0 aliphatic rings. The summed E-state index contributed by atoms with van der Waals surface area (Å²) in [7, 11) is -5.11. The maximum atomic E-state index is 12.3. The first kappa shape index (κ1) is 19.6. The molecule has 0 aliphatic heterocycles. The molecule has 0 aliphatic carbocycles. The normalized spacial score (nSPS) is 13.8. The van der Waals surface area contributed by atoms with E-state index in [0.29, 0.717) is 19.0 Å². The van der Waals surface area contributed by atoms with Gasteiger partial charge in [-0.25, -0.2) is 0 Å². The molecule has 0 unspecified atom stereocenters. The molecule has 0 aromatic rings. The maximum absolute atomic E-state index is 12.3. The van der Waals surface area contributed by atoms with Gasteiger partial charge < -0.3 is 13.5 Å². The first-order valence-electron chi connectivity index (χ1n) is 6.93. The quantitative estimate of drug-likeness (QED) is 0.263. The van der Waals surface area contributed by atoms with Gasteiger partial charge in [-0.1, -0.05) is 27.4 Å². The summed E-state index contributed by atoms with van der Waals surface area (Å²) in [5.41, 5.74) is 0. The van der Waals surface area contributed by atoms with Gasteiger partial charge >= 0.3 is 7.60 Å². The predicted molar refractivity (Wildman–Crippen MR) is 87.4 cm³/mol.